The van der Waals surface area contributed by atoms with Gasteiger partial charge in [0.25, 0.3) is 0 Å². The van der Waals surface area contributed by atoms with Crippen molar-refractivity contribution in [1.29, 1.82) is 0 Å². The van der Waals surface area contributed by atoms with Crippen LogP contribution in [-0.4, -0.2) is 28.8 Å². The highest BCUT2D eigenvalue weighted by Gasteiger charge is 2.45. The number of carbonyl (C=O) groups excluding carboxylic acids is 1. The number of carbonyl (C=O) groups is 1. The smallest absolute Gasteiger partial charge is 0.241 e. The van der Waals surface area contributed by atoms with Crippen molar-refractivity contribution in [2.24, 2.45) is 0 Å². The molecule has 1 amide bonds. The lowest BCUT2D eigenvalue weighted by Crippen LogP contribution is -2.60. The molecule has 0 N–H and O–H groups in total. The first kappa shape index (κ1) is 12.9. The molecule has 0 bridgehead atoms. The molecule has 0 aromatic heterocycles. The Kier molecular flexibility index (Phi) is 3.50. The molecule has 2 rings (SSSR count). The van der Waals surface area contributed by atoms with Crippen molar-refractivity contribution >= 4 is 37.8 Å². The number of methoxy groups -OCH3 is 1. The van der Waals surface area contributed by atoms with Crippen LogP contribution in [0.3, 0.4) is 0 Å². The molecule has 1 aliphatic rings. The van der Waals surface area contributed by atoms with Crippen LogP contribution in [0.25, 0.3) is 0 Å². The number of alkyl halides is 1. The van der Waals surface area contributed by atoms with Gasteiger partial charge in [-0.25, -0.2) is 0 Å². The van der Waals surface area contributed by atoms with Crippen LogP contribution in [0.5, 0.6) is 5.75 Å². The first-order chi connectivity index (χ1) is 7.94. The van der Waals surface area contributed by atoms with E-state index in [1.54, 1.807) is 7.11 Å². The predicted molar refractivity (Wildman–Crippen MR) is 73.4 cm³/mol. The van der Waals surface area contributed by atoms with Crippen LogP contribution >= 0.6 is 31.9 Å². The van der Waals surface area contributed by atoms with Crippen LogP contribution < -0.4 is 4.74 Å². The van der Waals surface area contributed by atoms with E-state index in [0.717, 1.165) is 22.3 Å². The topological polar surface area (TPSA) is 29.5 Å². The van der Waals surface area contributed by atoms with Gasteiger partial charge in [-0.3, -0.25) is 4.79 Å². The molecule has 5 heteroatoms. The zero-order valence-corrected chi connectivity index (χ0v) is 12.8. The summed E-state index contributed by atoms with van der Waals surface area (Å²) in [5.74, 6) is 0.943. The second-order valence-corrected chi connectivity index (χ2v) is 6.93. The standard InChI is InChI=1S/C12H13Br2NO2/c1-12(14)7-15(11(12)16)6-8-3-4-10(17-2)9(13)5-8/h3-5H,6-7H2,1-2H3. The minimum Gasteiger partial charge on any atom is -0.496 e. The summed E-state index contributed by atoms with van der Waals surface area (Å²) in [5, 5.41) is 0. The van der Waals surface area contributed by atoms with Gasteiger partial charge in [0, 0.05) is 13.1 Å². The lowest BCUT2D eigenvalue weighted by Gasteiger charge is -2.43. The van der Waals surface area contributed by atoms with Crippen LogP contribution in [0.2, 0.25) is 0 Å². The maximum Gasteiger partial charge on any atom is 0.241 e. The van der Waals surface area contributed by atoms with Gasteiger partial charge in [-0.1, -0.05) is 22.0 Å². The van der Waals surface area contributed by atoms with Crippen molar-refractivity contribution in [3.05, 3.63) is 28.2 Å². The molecule has 0 radical (unpaired) electrons. The van der Waals surface area contributed by atoms with Crippen LogP contribution in [0.4, 0.5) is 0 Å². The Hall–Kier alpha value is -0.550. The molecule has 1 aromatic rings. The molecular formula is C12H13Br2NO2. The van der Waals surface area contributed by atoms with E-state index >= 15 is 0 Å². The van der Waals surface area contributed by atoms with Gasteiger partial charge in [0.05, 0.1) is 11.6 Å². The molecule has 0 spiro atoms. The van der Waals surface area contributed by atoms with Gasteiger partial charge in [-0.15, -0.1) is 0 Å². The van der Waals surface area contributed by atoms with Crippen molar-refractivity contribution in [1.82, 2.24) is 4.90 Å². The normalized spacial score (nSPS) is 23.5. The summed E-state index contributed by atoms with van der Waals surface area (Å²) in [6.07, 6.45) is 0. The Balaban J connectivity index is 2.06. The molecule has 1 unspecified atom stereocenters. The summed E-state index contributed by atoms with van der Waals surface area (Å²) in [7, 11) is 1.63. The molecule has 0 aliphatic carbocycles. The van der Waals surface area contributed by atoms with Crippen molar-refractivity contribution in [2.45, 2.75) is 17.8 Å². The largest absolute Gasteiger partial charge is 0.496 e. The van der Waals surface area contributed by atoms with E-state index in [4.69, 9.17) is 4.74 Å². The average Bonchev–Trinajstić information content (AvgIpc) is 2.28. The highest BCUT2D eigenvalue weighted by Crippen LogP contribution is 2.33. The fraction of sp³-hybridized carbons (Fsp3) is 0.417. The summed E-state index contributed by atoms with van der Waals surface area (Å²) < 4.78 is 5.71. The fourth-order valence-corrected chi connectivity index (χ4v) is 3.03. The lowest BCUT2D eigenvalue weighted by atomic mass is 10.00. The van der Waals surface area contributed by atoms with Gasteiger partial charge in [0.2, 0.25) is 5.91 Å². The number of hydrogen-bond donors (Lipinski definition) is 0. The lowest BCUT2D eigenvalue weighted by molar-refractivity contribution is -0.144. The summed E-state index contributed by atoms with van der Waals surface area (Å²) in [4.78, 5) is 13.6. The quantitative estimate of drug-likeness (QED) is 0.611. The third kappa shape index (κ3) is 2.50. The minimum absolute atomic E-state index is 0.143. The second kappa shape index (κ2) is 4.61. The number of rotatable bonds is 3. The molecule has 1 aromatic carbocycles. The van der Waals surface area contributed by atoms with Crippen molar-refractivity contribution < 1.29 is 9.53 Å². The first-order valence-electron chi connectivity index (χ1n) is 5.25. The van der Waals surface area contributed by atoms with E-state index < -0.39 is 0 Å². The van der Waals surface area contributed by atoms with Crippen LogP contribution in [-0.2, 0) is 11.3 Å². The Labute approximate surface area is 117 Å². The zero-order chi connectivity index (χ0) is 12.6. The SMILES string of the molecule is COc1ccc(CN2CC(C)(Br)C2=O)cc1Br. The Morgan fingerprint density at radius 2 is 2.24 bits per heavy atom. The molecule has 0 saturated carbocycles. The average molecular weight is 363 g/mol. The molecule has 1 fully saturated rings. The molecular weight excluding hydrogens is 350 g/mol. The third-order valence-corrected chi connectivity index (χ3v) is 4.02. The summed E-state index contributed by atoms with van der Waals surface area (Å²) in [6.45, 7) is 3.29. The highest BCUT2D eigenvalue weighted by molar-refractivity contribution is 9.10. The van der Waals surface area contributed by atoms with E-state index in [9.17, 15) is 4.79 Å². The van der Waals surface area contributed by atoms with Crippen LogP contribution in [0.1, 0.15) is 12.5 Å². The Morgan fingerprint density at radius 1 is 1.53 bits per heavy atom. The number of ether oxygens (including phenoxy) is 1. The van der Waals surface area contributed by atoms with Gasteiger partial charge in [0.1, 0.15) is 10.1 Å². The van der Waals surface area contributed by atoms with Gasteiger partial charge < -0.3 is 9.64 Å². The summed E-state index contributed by atoms with van der Waals surface area (Å²) in [6, 6.07) is 5.85. The van der Waals surface area contributed by atoms with Crippen LogP contribution in [0.15, 0.2) is 22.7 Å². The molecule has 1 atom stereocenters. The number of nitrogens with zero attached hydrogens (tertiary/aromatic N) is 1. The monoisotopic (exact) mass is 361 g/mol. The molecule has 17 heavy (non-hydrogen) atoms. The third-order valence-electron chi connectivity index (χ3n) is 2.81. The Bertz CT molecular complexity index is 460. The van der Waals surface area contributed by atoms with E-state index in [1.807, 2.05) is 30.0 Å². The van der Waals surface area contributed by atoms with Crippen LogP contribution in [0, 0.1) is 0 Å². The van der Waals surface area contributed by atoms with Crippen molar-refractivity contribution in [3.8, 4) is 5.75 Å². The summed E-state index contributed by atoms with van der Waals surface area (Å²) in [5.41, 5.74) is 1.09. The first-order valence-corrected chi connectivity index (χ1v) is 6.83. The number of β-lactam (4-membered cyclic amide) rings is 1. The van der Waals surface area contributed by atoms with Gasteiger partial charge >= 0.3 is 0 Å². The van der Waals surface area contributed by atoms with E-state index in [2.05, 4.69) is 31.9 Å². The van der Waals surface area contributed by atoms with Crippen molar-refractivity contribution in [3.63, 3.8) is 0 Å². The highest BCUT2D eigenvalue weighted by atomic mass is 79.9. The minimum atomic E-state index is -0.364. The number of hydrogen-bond acceptors (Lipinski definition) is 2. The fourth-order valence-electron chi connectivity index (χ4n) is 1.89. The van der Waals surface area contributed by atoms with Crippen molar-refractivity contribution in [2.75, 3.05) is 13.7 Å². The zero-order valence-electron chi connectivity index (χ0n) is 9.67. The number of halogens is 2. The molecule has 1 heterocycles. The Morgan fingerprint density at radius 3 is 2.71 bits per heavy atom. The summed E-state index contributed by atoms with van der Waals surface area (Å²) >= 11 is 6.84. The molecule has 1 aliphatic heterocycles. The molecule has 92 valence electrons. The predicted octanol–water partition coefficient (Wildman–Crippen LogP) is 2.95. The van der Waals surface area contributed by atoms with Gasteiger partial charge in [-0.05, 0) is 40.5 Å². The van der Waals surface area contributed by atoms with E-state index in [-0.39, 0.29) is 10.2 Å². The maximum absolute atomic E-state index is 11.7. The number of benzene rings is 1. The van der Waals surface area contributed by atoms with Gasteiger partial charge in [0.15, 0.2) is 0 Å². The maximum atomic E-state index is 11.7. The second-order valence-electron chi connectivity index (χ2n) is 4.33. The van der Waals surface area contributed by atoms with Gasteiger partial charge in [-0.2, -0.15) is 0 Å². The molecule has 3 nitrogen and oxygen atoms in total. The number of amides is 1. The molecule has 1 saturated heterocycles. The van der Waals surface area contributed by atoms with E-state index in [0.29, 0.717) is 6.54 Å². The number of likely N-dealkylation sites (tertiary alicyclic amines) is 1. The van der Waals surface area contributed by atoms with E-state index in [1.165, 1.54) is 0 Å².